The summed E-state index contributed by atoms with van der Waals surface area (Å²) in [6.07, 6.45) is 3.94. The summed E-state index contributed by atoms with van der Waals surface area (Å²) in [4.78, 5) is 45.2. The second kappa shape index (κ2) is 5.52. The normalized spacial score (nSPS) is 13.6. The van der Waals surface area contributed by atoms with Gasteiger partial charge in [0.2, 0.25) is 11.6 Å². The second-order valence-corrected chi connectivity index (χ2v) is 5.48. The predicted molar refractivity (Wildman–Crippen MR) is 84.9 cm³/mol. The van der Waals surface area contributed by atoms with E-state index in [-0.39, 0.29) is 22.5 Å². The van der Waals surface area contributed by atoms with Crippen LogP contribution in [-0.4, -0.2) is 39.2 Å². The number of carbonyl (C=O) groups excluding carboxylic acids is 3. The fourth-order valence-corrected chi connectivity index (χ4v) is 2.89. The topological polar surface area (TPSA) is 91.2 Å². The van der Waals surface area contributed by atoms with Crippen LogP contribution in [-0.2, 0) is 11.8 Å². The van der Waals surface area contributed by atoms with E-state index in [0.717, 1.165) is 0 Å². The lowest BCUT2D eigenvalue weighted by Gasteiger charge is -2.14. The number of hydrogen-bond donors (Lipinski definition) is 0. The lowest BCUT2D eigenvalue weighted by molar-refractivity contribution is 0.0599. The monoisotopic (exact) mass is 325 g/mol. The highest BCUT2D eigenvalue weighted by atomic mass is 16.5. The van der Waals surface area contributed by atoms with E-state index in [4.69, 9.17) is 4.74 Å². The standard InChI is InChI=1S/C17H15N3O4/c1-8-12(13(17(23)24-4)9(2)20(8)3)10-7-11(21)14-15(16(10)22)19-6-5-18-14/h5-7H,1-4H3. The van der Waals surface area contributed by atoms with Gasteiger partial charge in [0.1, 0.15) is 11.4 Å². The van der Waals surface area contributed by atoms with Gasteiger partial charge < -0.3 is 9.30 Å². The van der Waals surface area contributed by atoms with Crippen LogP contribution in [0.3, 0.4) is 0 Å². The number of fused-ring (bicyclic) bond motifs is 1. The molecule has 3 rings (SSSR count). The number of esters is 1. The third-order valence-electron chi connectivity index (χ3n) is 4.31. The molecule has 1 aliphatic carbocycles. The molecule has 0 saturated heterocycles. The summed E-state index contributed by atoms with van der Waals surface area (Å²) in [7, 11) is 3.06. The molecule has 1 aliphatic rings. The molecular formula is C17H15N3O4. The smallest absolute Gasteiger partial charge is 0.340 e. The van der Waals surface area contributed by atoms with Crippen LogP contribution in [0.15, 0.2) is 18.5 Å². The number of ether oxygens (including phenoxy) is 1. The Labute approximate surface area is 138 Å². The fraction of sp³-hybridized carbons (Fsp3) is 0.235. The minimum Gasteiger partial charge on any atom is -0.465 e. The first-order valence-electron chi connectivity index (χ1n) is 7.24. The Morgan fingerprint density at radius 1 is 1.08 bits per heavy atom. The molecule has 0 atom stereocenters. The molecule has 0 amide bonds. The Bertz CT molecular complexity index is 938. The number of nitrogens with zero attached hydrogens (tertiary/aromatic N) is 3. The molecule has 0 N–H and O–H groups in total. The van der Waals surface area contributed by atoms with Crippen molar-refractivity contribution < 1.29 is 19.1 Å². The summed E-state index contributed by atoms with van der Waals surface area (Å²) in [5, 5.41) is 0. The molecule has 0 aliphatic heterocycles. The van der Waals surface area contributed by atoms with Crippen molar-refractivity contribution in [2.45, 2.75) is 13.8 Å². The van der Waals surface area contributed by atoms with Crippen molar-refractivity contribution in [2.75, 3.05) is 7.11 Å². The number of allylic oxidation sites excluding steroid dienone is 2. The Hall–Kier alpha value is -3.09. The Balaban J connectivity index is 2.28. The number of methoxy groups -OCH3 is 1. The van der Waals surface area contributed by atoms with E-state index < -0.39 is 17.5 Å². The number of ketones is 2. The zero-order valence-corrected chi connectivity index (χ0v) is 13.7. The molecule has 0 aromatic carbocycles. The Morgan fingerprint density at radius 2 is 1.71 bits per heavy atom. The van der Waals surface area contributed by atoms with Gasteiger partial charge in [-0.15, -0.1) is 0 Å². The molecule has 7 heteroatoms. The first-order chi connectivity index (χ1) is 11.4. The van der Waals surface area contributed by atoms with Gasteiger partial charge >= 0.3 is 5.97 Å². The predicted octanol–water partition coefficient (Wildman–Crippen LogP) is 1.68. The van der Waals surface area contributed by atoms with Gasteiger partial charge in [-0.2, -0.15) is 0 Å². The van der Waals surface area contributed by atoms with Crippen molar-refractivity contribution >= 4 is 23.1 Å². The van der Waals surface area contributed by atoms with Crippen LogP contribution < -0.4 is 0 Å². The van der Waals surface area contributed by atoms with E-state index in [1.165, 1.54) is 25.6 Å². The molecule has 24 heavy (non-hydrogen) atoms. The molecule has 2 aromatic heterocycles. The molecule has 0 bridgehead atoms. The summed E-state index contributed by atoms with van der Waals surface area (Å²) in [5.74, 6) is -1.40. The highest BCUT2D eigenvalue weighted by Crippen LogP contribution is 2.33. The summed E-state index contributed by atoms with van der Waals surface area (Å²) in [6.45, 7) is 3.53. The molecule has 0 radical (unpaired) electrons. The zero-order valence-electron chi connectivity index (χ0n) is 13.7. The van der Waals surface area contributed by atoms with Crippen LogP contribution in [0.1, 0.15) is 48.3 Å². The van der Waals surface area contributed by atoms with E-state index in [2.05, 4.69) is 9.97 Å². The van der Waals surface area contributed by atoms with E-state index in [0.29, 0.717) is 17.0 Å². The maximum Gasteiger partial charge on any atom is 0.340 e. The SMILES string of the molecule is COC(=O)c1c(C2=CC(=O)c3nccnc3C2=O)c(C)n(C)c1C. The van der Waals surface area contributed by atoms with Gasteiger partial charge in [-0.1, -0.05) is 0 Å². The molecule has 0 fully saturated rings. The van der Waals surface area contributed by atoms with Crippen LogP contribution in [0, 0.1) is 13.8 Å². The molecular weight excluding hydrogens is 310 g/mol. The lowest BCUT2D eigenvalue weighted by atomic mass is 9.89. The highest BCUT2D eigenvalue weighted by Gasteiger charge is 2.34. The maximum absolute atomic E-state index is 12.8. The number of carbonyl (C=O) groups is 3. The van der Waals surface area contributed by atoms with Crippen molar-refractivity contribution in [3.63, 3.8) is 0 Å². The van der Waals surface area contributed by atoms with Crippen LogP contribution in [0.2, 0.25) is 0 Å². The molecule has 2 aromatic rings. The first kappa shape index (κ1) is 15.8. The molecule has 0 saturated carbocycles. The van der Waals surface area contributed by atoms with E-state index in [1.807, 2.05) is 0 Å². The van der Waals surface area contributed by atoms with Crippen LogP contribution >= 0.6 is 0 Å². The second-order valence-electron chi connectivity index (χ2n) is 5.48. The maximum atomic E-state index is 12.8. The Kier molecular flexibility index (Phi) is 3.63. The number of rotatable bonds is 2. The number of aromatic nitrogens is 3. The molecule has 2 heterocycles. The minimum atomic E-state index is -0.558. The van der Waals surface area contributed by atoms with E-state index in [1.54, 1.807) is 25.5 Å². The third-order valence-corrected chi connectivity index (χ3v) is 4.31. The highest BCUT2D eigenvalue weighted by molar-refractivity contribution is 6.38. The van der Waals surface area contributed by atoms with Gasteiger partial charge in [0.05, 0.1) is 12.7 Å². The summed E-state index contributed by atoms with van der Waals surface area (Å²) in [6, 6.07) is 0. The van der Waals surface area contributed by atoms with Gasteiger partial charge in [-0.05, 0) is 19.9 Å². The van der Waals surface area contributed by atoms with E-state index in [9.17, 15) is 14.4 Å². The van der Waals surface area contributed by atoms with Crippen LogP contribution in [0.25, 0.3) is 5.57 Å². The average Bonchev–Trinajstić information content (AvgIpc) is 2.81. The van der Waals surface area contributed by atoms with Gasteiger partial charge in [-0.25, -0.2) is 14.8 Å². The van der Waals surface area contributed by atoms with Crippen LogP contribution in [0.5, 0.6) is 0 Å². The van der Waals surface area contributed by atoms with Crippen molar-refractivity contribution in [2.24, 2.45) is 7.05 Å². The lowest BCUT2D eigenvalue weighted by Crippen LogP contribution is -2.20. The Morgan fingerprint density at radius 3 is 2.33 bits per heavy atom. The van der Waals surface area contributed by atoms with Crippen LogP contribution in [0.4, 0.5) is 0 Å². The summed E-state index contributed by atoms with van der Waals surface area (Å²) in [5.41, 5.74) is 2.17. The largest absolute Gasteiger partial charge is 0.465 e. The molecule has 122 valence electrons. The van der Waals surface area contributed by atoms with Gasteiger partial charge in [-0.3, -0.25) is 9.59 Å². The number of Topliss-reactive ketones (excluding diaryl/α,β-unsaturated/α-hetero) is 1. The van der Waals surface area contributed by atoms with Crippen molar-refractivity contribution in [3.8, 4) is 0 Å². The third kappa shape index (κ3) is 2.09. The molecule has 0 unspecified atom stereocenters. The van der Waals surface area contributed by atoms with Crippen molar-refractivity contribution in [3.05, 3.63) is 52.4 Å². The minimum absolute atomic E-state index is 0.00304. The number of hydrogen-bond acceptors (Lipinski definition) is 6. The molecule has 0 spiro atoms. The molecule has 7 nitrogen and oxygen atoms in total. The fourth-order valence-electron chi connectivity index (χ4n) is 2.89. The van der Waals surface area contributed by atoms with Gasteiger partial charge in [0.15, 0.2) is 0 Å². The van der Waals surface area contributed by atoms with Gasteiger partial charge in [0.25, 0.3) is 0 Å². The first-order valence-corrected chi connectivity index (χ1v) is 7.24. The van der Waals surface area contributed by atoms with Gasteiger partial charge in [0, 0.05) is 42.0 Å². The quantitative estimate of drug-likeness (QED) is 0.780. The summed E-state index contributed by atoms with van der Waals surface area (Å²) < 4.78 is 6.63. The zero-order chi connectivity index (χ0) is 17.6. The van der Waals surface area contributed by atoms with Crippen molar-refractivity contribution in [1.82, 2.24) is 14.5 Å². The summed E-state index contributed by atoms with van der Waals surface area (Å²) >= 11 is 0. The van der Waals surface area contributed by atoms with Crippen molar-refractivity contribution in [1.29, 1.82) is 0 Å². The van der Waals surface area contributed by atoms with E-state index >= 15 is 0 Å². The average molecular weight is 325 g/mol.